The van der Waals surface area contributed by atoms with Crippen LogP contribution in [-0.2, 0) is 9.59 Å². The number of rotatable bonds is 1. The number of anilines is 1. The molecule has 4 atom stereocenters. The molecule has 26 heavy (non-hydrogen) atoms. The zero-order valence-corrected chi connectivity index (χ0v) is 14.4. The van der Waals surface area contributed by atoms with Crippen LogP contribution in [0.1, 0.15) is 18.4 Å². The Hall–Kier alpha value is -2.69. The molecule has 6 rings (SSSR count). The van der Waals surface area contributed by atoms with Crippen molar-refractivity contribution in [2.75, 3.05) is 4.90 Å². The number of nitrogens with zero attached hydrogens (tertiary/aromatic N) is 1. The number of allylic oxidation sites excluding steroid dienone is 2. The number of aryl methyl sites for hydroxylation is 1. The van der Waals surface area contributed by atoms with E-state index in [1.807, 2.05) is 19.1 Å². The Morgan fingerprint density at radius 1 is 1.00 bits per heavy atom. The third-order valence-corrected chi connectivity index (χ3v) is 7.14. The first-order chi connectivity index (χ1) is 12.5. The molecule has 2 unspecified atom stereocenters. The maximum absolute atomic E-state index is 13.2. The minimum Gasteiger partial charge on any atom is -0.322 e. The van der Waals surface area contributed by atoms with Crippen molar-refractivity contribution in [3.05, 3.63) is 52.3 Å². The highest BCUT2D eigenvalue weighted by Gasteiger charge is 2.73. The van der Waals surface area contributed by atoms with Gasteiger partial charge in [0, 0.05) is 11.5 Å². The lowest BCUT2D eigenvalue weighted by molar-refractivity contribution is -0.123. The molecule has 0 radical (unpaired) electrons. The van der Waals surface area contributed by atoms with E-state index in [0.29, 0.717) is 11.2 Å². The van der Waals surface area contributed by atoms with Gasteiger partial charge in [-0.15, -0.1) is 0 Å². The first-order valence-corrected chi connectivity index (χ1v) is 9.21. The third kappa shape index (κ3) is 1.51. The maximum atomic E-state index is 13.2. The smallest absolute Gasteiger partial charge is 0.248 e. The molecule has 1 aromatic carbocycles. The van der Waals surface area contributed by atoms with E-state index in [1.54, 1.807) is 12.1 Å². The van der Waals surface area contributed by atoms with Gasteiger partial charge in [-0.05, 0) is 54.7 Å². The van der Waals surface area contributed by atoms with E-state index in [2.05, 4.69) is 17.1 Å². The van der Waals surface area contributed by atoms with E-state index in [1.165, 1.54) is 4.90 Å². The standard InChI is InChI=1S/C21H18N2O3/c1-10-8-16(24)22-15-9-11(2-3-12(10)15)23-19(25)17-13-4-5-14(18(17)20(23)26)21(13)6-7-21/h2-5,8-9,13-14,17-18H,6-7H2,1H3,(H,22,24)/t13?,14?,17-,18+. The Bertz CT molecular complexity index is 1070. The van der Waals surface area contributed by atoms with E-state index in [9.17, 15) is 14.4 Å². The average molecular weight is 346 g/mol. The molecule has 2 amide bonds. The van der Waals surface area contributed by atoms with E-state index in [-0.39, 0.29) is 46.5 Å². The first-order valence-electron chi connectivity index (χ1n) is 9.21. The van der Waals surface area contributed by atoms with Crippen LogP contribution >= 0.6 is 0 Å². The third-order valence-electron chi connectivity index (χ3n) is 7.14. The minimum absolute atomic E-state index is 0.0718. The van der Waals surface area contributed by atoms with Gasteiger partial charge in [-0.3, -0.25) is 14.4 Å². The Morgan fingerprint density at radius 2 is 1.65 bits per heavy atom. The molecule has 2 saturated carbocycles. The summed E-state index contributed by atoms with van der Waals surface area (Å²) in [6, 6.07) is 6.99. The van der Waals surface area contributed by atoms with Crippen molar-refractivity contribution in [1.29, 1.82) is 0 Å². The van der Waals surface area contributed by atoms with E-state index < -0.39 is 0 Å². The lowest BCUT2D eigenvalue weighted by atomic mass is 9.85. The van der Waals surface area contributed by atoms with Crippen molar-refractivity contribution >= 4 is 28.4 Å². The molecule has 1 N–H and O–H groups in total. The van der Waals surface area contributed by atoms with Gasteiger partial charge in [-0.25, -0.2) is 4.90 Å². The molecule has 1 aliphatic heterocycles. The highest BCUT2D eigenvalue weighted by Crippen LogP contribution is 2.73. The Kier molecular flexibility index (Phi) is 2.42. The van der Waals surface area contributed by atoms with E-state index in [4.69, 9.17) is 0 Å². The second-order valence-electron chi connectivity index (χ2n) is 8.28. The number of pyridine rings is 1. The molecular weight excluding hydrogens is 328 g/mol. The van der Waals surface area contributed by atoms with Crippen molar-refractivity contribution in [1.82, 2.24) is 4.98 Å². The summed E-state index contributed by atoms with van der Waals surface area (Å²) in [5.41, 5.74) is 2.13. The van der Waals surface area contributed by atoms with E-state index in [0.717, 1.165) is 23.8 Å². The molecule has 5 heteroatoms. The van der Waals surface area contributed by atoms with Crippen molar-refractivity contribution in [2.45, 2.75) is 19.8 Å². The summed E-state index contributed by atoms with van der Waals surface area (Å²) in [6.07, 6.45) is 6.63. The predicted octanol–water partition coefficient (Wildman–Crippen LogP) is 2.54. The summed E-state index contributed by atoms with van der Waals surface area (Å²) < 4.78 is 0. The van der Waals surface area contributed by atoms with Crippen LogP contribution in [0.3, 0.4) is 0 Å². The van der Waals surface area contributed by atoms with Gasteiger partial charge in [-0.1, -0.05) is 18.2 Å². The number of imide groups is 1. The number of fused-ring (bicyclic) bond motifs is 4. The van der Waals surface area contributed by atoms with Crippen molar-refractivity contribution in [3.63, 3.8) is 0 Å². The van der Waals surface area contributed by atoms with Crippen molar-refractivity contribution in [2.24, 2.45) is 29.1 Å². The zero-order valence-electron chi connectivity index (χ0n) is 14.4. The van der Waals surface area contributed by atoms with Crippen LogP contribution < -0.4 is 10.5 Å². The average Bonchev–Trinajstić information content (AvgIpc) is 3.19. The van der Waals surface area contributed by atoms with Crippen LogP contribution in [0.2, 0.25) is 0 Å². The minimum atomic E-state index is -0.202. The molecule has 1 aromatic heterocycles. The highest BCUT2D eigenvalue weighted by atomic mass is 16.2. The highest BCUT2D eigenvalue weighted by molar-refractivity contribution is 6.23. The zero-order chi connectivity index (χ0) is 17.8. The number of aromatic nitrogens is 1. The normalized spacial score (nSPS) is 32.9. The Balaban J connectivity index is 1.46. The van der Waals surface area contributed by atoms with Gasteiger partial charge in [0.2, 0.25) is 17.4 Å². The molecule has 5 nitrogen and oxygen atoms in total. The molecule has 130 valence electrons. The fourth-order valence-corrected chi connectivity index (χ4v) is 5.89. The number of H-pyrrole nitrogens is 1. The lowest BCUT2D eigenvalue weighted by Gasteiger charge is -2.22. The van der Waals surface area contributed by atoms with Crippen LogP contribution in [0.4, 0.5) is 5.69 Å². The number of benzene rings is 1. The van der Waals surface area contributed by atoms with Gasteiger partial charge in [0.15, 0.2) is 0 Å². The summed E-state index contributed by atoms with van der Waals surface area (Å²) in [4.78, 5) is 42.3. The number of carbonyl (C=O) groups excluding carboxylic acids is 2. The fourth-order valence-electron chi connectivity index (χ4n) is 5.89. The van der Waals surface area contributed by atoms with Gasteiger partial charge < -0.3 is 4.98 Å². The number of amides is 2. The van der Waals surface area contributed by atoms with Gasteiger partial charge >= 0.3 is 0 Å². The maximum Gasteiger partial charge on any atom is 0.248 e. The largest absolute Gasteiger partial charge is 0.322 e. The fraction of sp³-hybridized carbons (Fsp3) is 0.381. The monoisotopic (exact) mass is 346 g/mol. The molecule has 2 heterocycles. The van der Waals surface area contributed by atoms with Gasteiger partial charge in [-0.2, -0.15) is 0 Å². The molecule has 4 aliphatic rings. The SMILES string of the molecule is Cc1cc(=O)[nH]c2cc(N3C(=O)[C@@H]4C5C=CC([C@@H]4C3=O)C53CC3)ccc12. The molecule has 3 fully saturated rings. The van der Waals surface area contributed by atoms with Gasteiger partial charge in [0.25, 0.3) is 0 Å². The number of carbonyl (C=O) groups is 2. The van der Waals surface area contributed by atoms with Crippen molar-refractivity contribution < 1.29 is 9.59 Å². The molecule has 2 aromatic rings. The van der Waals surface area contributed by atoms with Crippen LogP contribution in [0.25, 0.3) is 10.9 Å². The van der Waals surface area contributed by atoms with Crippen LogP contribution in [-0.4, -0.2) is 16.8 Å². The summed E-state index contributed by atoms with van der Waals surface area (Å²) >= 11 is 0. The second-order valence-corrected chi connectivity index (χ2v) is 8.28. The molecule has 1 saturated heterocycles. The molecule has 1 spiro atoms. The lowest BCUT2D eigenvalue weighted by Crippen LogP contribution is -2.34. The molecule has 3 aliphatic carbocycles. The predicted molar refractivity (Wildman–Crippen MR) is 96.6 cm³/mol. The van der Waals surface area contributed by atoms with Crippen LogP contribution in [0.5, 0.6) is 0 Å². The number of nitrogens with one attached hydrogen (secondary N) is 1. The molecular formula is C21H18N2O3. The number of aromatic amines is 1. The van der Waals surface area contributed by atoms with E-state index >= 15 is 0 Å². The van der Waals surface area contributed by atoms with Gasteiger partial charge in [0.05, 0.1) is 23.0 Å². The first kappa shape index (κ1) is 14.5. The Morgan fingerprint density at radius 3 is 2.27 bits per heavy atom. The quantitative estimate of drug-likeness (QED) is 0.637. The second kappa shape index (κ2) is 4.34. The summed E-state index contributed by atoms with van der Waals surface area (Å²) in [6.45, 7) is 1.88. The number of hydrogen-bond donors (Lipinski definition) is 1. The number of hydrogen-bond acceptors (Lipinski definition) is 3. The van der Waals surface area contributed by atoms with Crippen molar-refractivity contribution in [3.8, 4) is 0 Å². The summed E-state index contributed by atoms with van der Waals surface area (Å²) in [7, 11) is 0. The van der Waals surface area contributed by atoms with Gasteiger partial charge in [0.1, 0.15) is 0 Å². The molecule has 2 bridgehead atoms. The summed E-state index contributed by atoms with van der Waals surface area (Å²) in [5.74, 6) is -0.0997. The van der Waals surface area contributed by atoms with Crippen LogP contribution in [0.15, 0.2) is 41.2 Å². The Labute approximate surface area is 149 Å². The van der Waals surface area contributed by atoms with Crippen LogP contribution in [0, 0.1) is 36.0 Å². The topological polar surface area (TPSA) is 70.2 Å². The summed E-state index contributed by atoms with van der Waals surface area (Å²) in [5, 5.41) is 0.923.